The Morgan fingerprint density at radius 3 is 2.17 bits per heavy atom. The lowest BCUT2D eigenvalue weighted by Crippen LogP contribution is -2.09. The van der Waals surface area contributed by atoms with Gasteiger partial charge in [-0.1, -0.05) is 64.0 Å². The number of nitrogens with zero attached hydrogens (tertiary/aromatic N) is 1. The number of benzene rings is 1. The Kier molecular flexibility index (Phi) is 13.1. The summed E-state index contributed by atoms with van der Waals surface area (Å²) in [6, 6.07) is 5.95. The molecule has 0 aliphatic heterocycles. The molecule has 0 saturated heterocycles. The van der Waals surface area contributed by atoms with Gasteiger partial charge in [0.15, 0.2) is 0 Å². The molecular formula is C22H33NO6. The average molecular weight is 408 g/mol. The summed E-state index contributed by atoms with van der Waals surface area (Å²) in [7, 11) is 0. The van der Waals surface area contributed by atoms with Gasteiger partial charge in [0.25, 0.3) is 5.69 Å². The van der Waals surface area contributed by atoms with E-state index in [-0.39, 0.29) is 31.1 Å². The van der Waals surface area contributed by atoms with Gasteiger partial charge in [0, 0.05) is 25.0 Å². The normalized spacial score (nSPS) is 10.5. The van der Waals surface area contributed by atoms with E-state index in [9.17, 15) is 19.7 Å². The Bertz CT molecular complexity index is 631. The molecule has 0 unspecified atom stereocenters. The molecule has 0 N–H and O–H groups in total. The molecule has 0 radical (unpaired) electrons. The van der Waals surface area contributed by atoms with Gasteiger partial charge >= 0.3 is 11.9 Å². The van der Waals surface area contributed by atoms with Gasteiger partial charge < -0.3 is 9.47 Å². The number of hydrogen-bond donors (Lipinski definition) is 0. The number of non-ortho nitro benzene ring substituents is 1. The van der Waals surface area contributed by atoms with Crippen molar-refractivity contribution >= 4 is 17.6 Å². The van der Waals surface area contributed by atoms with Crippen LogP contribution in [-0.2, 0) is 25.7 Å². The van der Waals surface area contributed by atoms with Gasteiger partial charge in [0.05, 0.1) is 11.5 Å². The summed E-state index contributed by atoms with van der Waals surface area (Å²) in [5.74, 6) is -0.730. The van der Waals surface area contributed by atoms with Gasteiger partial charge in [0.1, 0.15) is 6.61 Å². The molecule has 29 heavy (non-hydrogen) atoms. The zero-order valence-corrected chi connectivity index (χ0v) is 17.4. The highest BCUT2D eigenvalue weighted by Crippen LogP contribution is 2.14. The predicted molar refractivity (Wildman–Crippen MR) is 110 cm³/mol. The first-order valence-corrected chi connectivity index (χ1v) is 10.6. The van der Waals surface area contributed by atoms with Crippen LogP contribution in [0.2, 0.25) is 0 Å². The Labute approximate surface area is 172 Å². The fourth-order valence-corrected chi connectivity index (χ4v) is 2.87. The molecule has 0 bridgehead atoms. The minimum absolute atomic E-state index is 0.0244. The van der Waals surface area contributed by atoms with E-state index < -0.39 is 10.9 Å². The third-order valence-corrected chi connectivity index (χ3v) is 4.54. The van der Waals surface area contributed by atoms with Crippen molar-refractivity contribution in [2.24, 2.45) is 0 Å². The highest BCUT2D eigenvalue weighted by atomic mass is 16.6. The van der Waals surface area contributed by atoms with Crippen molar-refractivity contribution in [3.05, 3.63) is 39.9 Å². The fraction of sp³-hybridized carbons (Fsp3) is 0.636. The number of unbranched alkanes of at least 4 members (excludes halogenated alkanes) is 7. The van der Waals surface area contributed by atoms with Gasteiger partial charge in [0.2, 0.25) is 0 Å². The molecule has 0 saturated carbocycles. The van der Waals surface area contributed by atoms with E-state index in [0.717, 1.165) is 12.8 Å². The summed E-state index contributed by atoms with van der Waals surface area (Å²) in [5, 5.41) is 10.7. The van der Waals surface area contributed by atoms with Crippen LogP contribution in [-0.4, -0.2) is 23.5 Å². The second-order valence-electron chi connectivity index (χ2n) is 7.14. The van der Waals surface area contributed by atoms with Gasteiger partial charge in [-0.2, -0.15) is 0 Å². The Morgan fingerprint density at radius 2 is 1.52 bits per heavy atom. The number of nitro benzene ring substituents is 1. The number of carbonyl (C=O) groups excluding carboxylic acids is 2. The number of ether oxygens (including phenoxy) is 2. The van der Waals surface area contributed by atoms with Gasteiger partial charge in [-0.15, -0.1) is 0 Å². The molecule has 1 aromatic rings. The van der Waals surface area contributed by atoms with E-state index in [0.29, 0.717) is 18.6 Å². The Hall–Kier alpha value is -2.44. The van der Waals surface area contributed by atoms with Crippen molar-refractivity contribution in [1.82, 2.24) is 0 Å². The van der Waals surface area contributed by atoms with Crippen LogP contribution in [0.3, 0.4) is 0 Å². The third-order valence-electron chi connectivity index (χ3n) is 4.54. The van der Waals surface area contributed by atoms with Crippen molar-refractivity contribution in [2.45, 2.75) is 84.2 Å². The summed E-state index contributed by atoms with van der Waals surface area (Å²) in [4.78, 5) is 33.6. The number of rotatable bonds is 16. The van der Waals surface area contributed by atoms with Crippen LogP contribution < -0.4 is 0 Å². The maximum absolute atomic E-state index is 11.7. The van der Waals surface area contributed by atoms with Crippen LogP contribution in [0.4, 0.5) is 5.69 Å². The monoisotopic (exact) mass is 407 g/mol. The summed E-state index contributed by atoms with van der Waals surface area (Å²) >= 11 is 0. The van der Waals surface area contributed by atoms with Gasteiger partial charge in [-0.05, 0) is 18.4 Å². The first-order valence-electron chi connectivity index (χ1n) is 10.6. The van der Waals surface area contributed by atoms with Gasteiger partial charge in [-0.25, -0.2) is 0 Å². The molecule has 0 aliphatic carbocycles. The highest BCUT2D eigenvalue weighted by molar-refractivity contribution is 5.72. The molecule has 0 heterocycles. The number of carbonyl (C=O) groups is 2. The molecule has 0 spiro atoms. The summed E-state index contributed by atoms with van der Waals surface area (Å²) in [6.45, 7) is 2.62. The molecule has 7 nitrogen and oxygen atoms in total. The zero-order chi connectivity index (χ0) is 21.3. The summed E-state index contributed by atoms with van der Waals surface area (Å²) < 4.78 is 10.3. The molecule has 0 amide bonds. The van der Waals surface area contributed by atoms with Crippen molar-refractivity contribution < 1.29 is 24.0 Å². The van der Waals surface area contributed by atoms with Gasteiger partial charge in [-0.3, -0.25) is 19.7 Å². The van der Waals surface area contributed by atoms with E-state index in [1.807, 2.05) is 0 Å². The van der Waals surface area contributed by atoms with Crippen LogP contribution in [0.1, 0.15) is 83.1 Å². The molecule has 0 fully saturated rings. The minimum Gasteiger partial charge on any atom is -0.466 e. The molecule has 0 aliphatic rings. The standard InChI is InChI=1S/C22H33NO6/c1-2-3-4-5-6-7-8-9-16-28-21(24)14-11-15-22(25)29-18-19-12-10-13-20(17-19)23(26)27/h10,12-13,17H,2-9,11,14-16,18H2,1H3. The fourth-order valence-electron chi connectivity index (χ4n) is 2.87. The van der Waals surface area contributed by atoms with Crippen LogP contribution in [0, 0.1) is 10.1 Å². The maximum atomic E-state index is 11.7. The summed E-state index contributed by atoms with van der Waals surface area (Å²) in [6.07, 6.45) is 10.2. The molecule has 7 heteroatoms. The molecule has 162 valence electrons. The first kappa shape index (κ1) is 24.6. The average Bonchev–Trinajstić information content (AvgIpc) is 2.71. The second kappa shape index (κ2) is 15.5. The smallest absolute Gasteiger partial charge is 0.306 e. The Balaban J connectivity index is 2.02. The van der Waals surface area contributed by atoms with Crippen molar-refractivity contribution in [1.29, 1.82) is 0 Å². The lowest BCUT2D eigenvalue weighted by atomic mass is 10.1. The first-order chi connectivity index (χ1) is 14.0. The molecule has 1 aromatic carbocycles. The lowest BCUT2D eigenvalue weighted by Gasteiger charge is -2.06. The summed E-state index contributed by atoms with van der Waals surface area (Å²) in [5.41, 5.74) is 0.509. The quantitative estimate of drug-likeness (QED) is 0.155. The Morgan fingerprint density at radius 1 is 0.897 bits per heavy atom. The largest absolute Gasteiger partial charge is 0.466 e. The molecular weight excluding hydrogens is 374 g/mol. The van der Waals surface area contributed by atoms with E-state index in [1.54, 1.807) is 12.1 Å². The number of esters is 2. The van der Waals surface area contributed by atoms with E-state index >= 15 is 0 Å². The van der Waals surface area contributed by atoms with E-state index in [1.165, 1.54) is 50.7 Å². The van der Waals surface area contributed by atoms with Crippen LogP contribution in [0.15, 0.2) is 24.3 Å². The minimum atomic E-state index is -0.495. The highest BCUT2D eigenvalue weighted by Gasteiger charge is 2.10. The third kappa shape index (κ3) is 12.6. The van der Waals surface area contributed by atoms with Crippen LogP contribution >= 0.6 is 0 Å². The van der Waals surface area contributed by atoms with Crippen molar-refractivity contribution in [3.8, 4) is 0 Å². The topological polar surface area (TPSA) is 95.7 Å². The van der Waals surface area contributed by atoms with E-state index in [4.69, 9.17) is 9.47 Å². The van der Waals surface area contributed by atoms with E-state index in [2.05, 4.69) is 6.92 Å². The SMILES string of the molecule is CCCCCCCCCCOC(=O)CCCC(=O)OCc1cccc([N+](=O)[O-])c1. The number of nitro groups is 1. The van der Waals surface area contributed by atoms with Crippen molar-refractivity contribution in [3.63, 3.8) is 0 Å². The maximum Gasteiger partial charge on any atom is 0.306 e. The number of hydrogen-bond acceptors (Lipinski definition) is 6. The zero-order valence-electron chi connectivity index (χ0n) is 17.4. The van der Waals surface area contributed by atoms with Crippen molar-refractivity contribution in [2.75, 3.05) is 6.61 Å². The molecule has 0 aromatic heterocycles. The van der Waals surface area contributed by atoms with Crippen LogP contribution in [0.5, 0.6) is 0 Å². The molecule has 0 atom stereocenters. The molecule has 1 rings (SSSR count). The predicted octanol–water partition coefficient (Wildman–Crippen LogP) is 5.49. The lowest BCUT2D eigenvalue weighted by molar-refractivity contribution is -0.384. The van der Waals surface area contributed by atoms with Crippen LogP contribution in [0.25, 0.3) is 0 Å². The second-order valence-corrected chi connectivity index (χ2v) is 7.14.